The van der Waals surface area contributed by atoms with Gasteiger partial charge in [-0.1, -0.05) is 39.0 Å². The number of carbonyl (C=O) groups is 1. The van der Waals surface area contributed by atoms with Crippen molar-refractivity contribution in [2.45, 2.75) is 20.8 Å². The number of fused-ring (bicyclic) bond motifs is 1. The van der Waals surface area contributed by atoms with Crippen LogP contribution in [-0.2, 0) is 0 Å². The van der Waals surface area contributed by atoms with Gasteiger partial charge in [-0.25, -0.2) is 4.98 Å². The van der Waals surface area contributed by atoms with E-state index in [1.807, 2.05) is 44.4 Å². The summed E-state index contributed by atoms with van der Waals surface area (Å²) in [7, 11) is 3.66. The highest BCUT2D eigenvalue weighted by Gasteiger charge is 2.21. The molecule has 0 aliphatic heterocycles. The minimum absolute atomic E-state index is 0.0278. The molecule has 0 fully saturated rings. The lowest BCUT2D eigenvalue weighted by Gasteiger charge is -2.27. The van der Waals surface area contributed by atoms with Gasteiger partial charge in [0.2, 0.25) is 0 Å². The van der Waals surface area contributed by atoms with Crippen LogP contribution < -0.4 is 5.32 Å². The predicted octanol–water partition coefficient (Wildman–Crippen LogP) is 3.39. The largest absolute Gasteiger partial charge is 0.373 e. The fourth-order valence-electron chi connectivity index (χ4n) is 2.47. The number of pyridine rings is 1. The number of nitrogens with zero attached hydrogens (tertiary/aromatic N) is 2. The molecule has 112 valence electrons. The molecule has 0 aliphatic carbocycles. The first-order chi connectivity index (χ1) is 9.81. The maximum Gasteiger partial charge on any atom is 0.254 e. The minimum Gasteiger partial charge on any atom is -0.373 e. The molecular formula is C17H23N3O. The van der Waals surface area contributed by atoms with Crippen molar-refractivity contribution in [2.75, 3.05) is 26.0 Å². The molecule has 0 unspecified atom stereocenters. The molecule has 21 heavy (non-hydrogen) atoms. The fourth-order valence-corrected chi connectivity index (χ4v) is 2.47. The Morgan fingerprint density at radius 2 is 1.95 bits per heavy atom. The summed E-state index contributed by atoms with van der Waals surface area (Å²) in [6.45, 7) is 7.08. The van der Waals surface area contributed by atoms with Crippen LogP contribution in [0.3, 0.4) is 0 Å². The first-order valence-corrected chi connectivity index (χ1v) is 7.15. The van der Waals surface area contributed by atoms with Crippen LogP contribution in [0, 0.1) is 5.41 Å². The molecule has 1 N–H and O–H groups in total. The summed E-state index contributed by atoms with van der Waals surface area (Å²) in [5.74, 6) is 0.737. The molecule has 0 radical (unpaired) electrons. The number of carbonyl (C=O) groups excluding carboxylic acids is 1. The van der Waals surface area contributed by atoms with Crippen LogP contribution in [0.4, 0.5) is 5.82 Å². The van der Waals surface area contributed by atoms with E-state index in [1.54, 1.807) is 4.90 Å². The SMILES string of the molecule is CNc1cc(C(=O)N(C)CC(C)(C)C)c2ccccc2n1. The molecule has 0 bridgehead atoms. The third-order valence-electron chi connectivity index (χ3n) is 3.26. The number of amides is 1. The van der Waals surface area contributed by atoms with Crippen LogP contribution in [-0.4, -0.2) is 36.4 Å². The van der Waals surface area contributed by atoms with E-state index < -0.39 is 0 Å². The number of hydrogen-bond acceptors (Lipinski definition) is 3. The number of anilines is 1. The van der Waals surface area contributed by atoms with Gasteiger partial charge in [-0.15, -0.1) is 0 Å². The first kappa shape index (κ1) is 15.3. The zero-order valence-corrected chi connectivity index (χ0v) is 13.4. The molecule has 2 rings (SSSR count). The molecule has 4 heteroatoms. The standard InChI is InChI=1S/C17H23N3O/c1-17(2,3)11-20(5)16(21)13-10-15(18-4)19-14-9-7-6-8-12(13)14/h6-10H,11H2,1-5H3,(H,18,19). The van der Waals surface area contributed by atoms with Gasteiger partial charge in [-0.2, -0.15) is 0 Å². The summed E-state index contributed by atoms with van der Waals surface area (Å²) in [6.07, 6.45) is 0. The van der Waals surface area contributed by atoms with E-state index in [9.17, 15) is 4.79 Å². The van der Waals surface area contributed by atoms with E-state index in [-0.39, 0.29) is 11.3 Å². The van der Waals surface area contributed by atoms with Gasteiger partial charge in [0.25, 0.3) is 5.91 Å². The van der Waals surface area contributed by atoms with Gasteiger partial charge in [-0.3, -0.25) is 4.79 Å². The Labute approximate surface area is 126 Å². The molecular weight excluding hydrogens is 262 g/mol. The molecule has 0 saturated heterocycles. The second kappa shape index (κ2) is 5.72. The molecule has 1 amide bonds. The van der Waals surface area contributed by atoms with E-state index >= 15 is 0 Å². The van der Waals surface area contributed by atoms with E-state index in [0.717, 1.165) is 10.9 Å². The Balaban J connectivity index is 2.47. The van der Waals surface area contributed by atoms with Gasteiger partial charge in [0.05, 0.1) is 11.1 Å². The van der Waals surface area contributed by atoms with Crippen molar-refractivity contribution in [1.82, 2.24) is 9.88 Å². The number of para-hydroxylation sites is 1. The Hall–Kier alpha value is -2.10. The van der Waals surface area contributed by atoms with E-state index in [2.05, 4.69) is 31.1 Å². The Bertz CT molecular complexity index is 659. The second-order valence-corrected chi connectivity index (χ2v) is 6.54. The molecule has 4 nitrogen and oxygen atoms in total. The smallest absolute Gasteiger partial charge is 0.254 e. The lowest BCUT2D eigenvalue weighted by molar-refractivity contribution is 0.0747. The number of rotatable bonds is 3. The van der Waals surface area contributed by atoms with Crippen LogP contribution >= 0.6 is 0 Å². The zero-order valence-electron chi connectivity index (χ0n) is 13.4. The molecule has 0 aliphatic rings. The van der Waals surface area contributed by atoms with Crippen LogP contribution in [0.5, 0.6) is 0 Å². The van der Waals surface area contributed by atoms with Gasteiger partial charge in [0.15, 0.2) is 0 Å². The quantitative estimate of drug-likeness (QED) is 0.940. The normalized spacial score (nSPS) is 11.5. The zero-order chi connectivity index (χ0) is 15.6. The summed E-state index contributed by atoms with van der Waals surface area (Å²) in [5.41, 5.74) is 1.59. The number of hydrogen-bond donors (Lipinski definition) is 1. The molecule has 1 aromatic heterocycles. The van der Waals surface area contributed by atoms with Crippen molar-refractivity contribution in [1.29, 1.82) is 0 Å². The third-order valence-corrected chi connectivity index (χ3v) is 3.26. The van der Waals surface area contributed by atoms with Crippen molar-refractivity contribution in [3.63, 3.8) is 0 Å². The van der Waals surface area contributed by atoms with Crippen molar-refractivity contribution < 1.29 is 4.79 Å². The van der Waals surface area contributed by atoms with Crippen LogP contribution in [0.2, 0.25) is 0 Å². The van der Waals surface area contributed by atoms with Gasteiger partial charge in [-0.05, 0) is 17.5 Å². The van der Waals surface area contributed by atoms with Crippen molar-refractivity contribution in [3.05, 3.63) is 35.9 Å². The van der Waals surface area contributed by atoms with Crippen molar-refractivity contribution >= 4 is 22.6 Å². The average molecular weight is 285 g/mol. The minimum atomic E-state index is 0.0278. The monoisotopic (exact) mass is 285 g/mol. The van der Waals surface area contributed by atoms with Crippen molar-refractivity contribution in [2.24, 2.45) is 5.41 Å². The second-order valence-electron chi connectivity index (χ2n) is 6.54. The van der Waals surface area contributed by atoms with Gasteiger partial charge < -0.3 is 10.2 Å². The lowest BCUT2D eigenvalue weighted by Crippen LogP contribution is -2.34. The maximum absolute atomic E-state index is 12.8. The molecule has 0 spiro atoms. The van der Waals surface area contributed by atoms with E-state index in [1.165, 1.54) is 0 Å². The maximum atomic E-state index is 12.8. The molecule has 0 saturated carbocycles. The summed E-state index contributed by atoms with van der Waals surface area (Å²) >= 11 is 0. The summed E-state index contributed by atoms with van der Waals surface area (Å²) < 4.78 is 0. The van der Waals surface area contributed by atoms with Crippen LogP contribution in [0.25, 0.3) is 10.9 Å². The number of benzene rings is 1. The highest BCUT2D eigenvalue weighted by molar-refractivity contribution is 6.06. The van der Waals surface area contributed by atoms with Gasteiger partial charge in [0.1, 0.15) is 5.82 Å². The molecule has 0 atom stereocenters. The predicted molar refractivity (Wildman–Crippen MR) is 87.7 cm³/mol. The summed E-state index contributed by atoms with van der Waals surface area (Å²) in [5, 5.41) is 3.91. The Morgan fingerprint density at radius 1 is 1.29 bits per heavy atom. The van der Waals surface area contributed by atoms with E-state index in [0.29, 0.717) is 17.9 Å². The third kappa shape index (κ3) is 3.51. The summed E-state index contributed by atoms with van der Waals surface area (Å²) in [6, 6.07) is 9.56. The van der Waals surface area contributed by atoms with Crippen LogP contribution in [0.15, 0.2) is 30.3 Å². The highest BCUT2D eigenvalue weighted by atomic mass is 16.2. The molecule has 1 aromatic carbocycles. The lowest BCUT2D eigenvalue weighted by atomic mass is 9.96. The first-order valence-electron chi connectivity index (χ1n) is 7.15. The Morgan fingerprint density at radius 3 is 2.57 bits per heavy atom. The Kier molecular flexibility index (Phi) is 4.16. The van der Waals surface area contributed by atoms with Gasteiger partial charge >= 0.3 is 0 Å². The molecule has 1 heterocycles. The van der Waals surface area contributed by atoms with Crippen LogP contribution in [0.1, 0.15) is 31.1 Å². The van der Waals surface area contributed by atoms with E-state index in [4.69, 9.17) is 0 Å². The molecule has 2 aromatic rings. The number of aromatic nitrogens is 1. The van der Waals surface area contributed by atoms with Crippen molar-refractivity contribution in [3.8, 4) is 0 Å². The average Bonchev–Trinajstić information content (AvgIpc) is 2.43. The topological polar surface area (TPSA) is 45.2 Å². The highest BCUT2D eigenvalue weighted by Crippen LogP contribution is 2.23. The van der Waals surface area contributed by atoms with Gasteiger partial charge in [0, 0.05) is 26.0 Å². The number of nitrogens with one attached hydrogen (secondary N) is 1. The summed E-state index contributed by atoms with van der Waals surface area (Å²) in [4.78, 5) is 19.0. The fraction of sp³-hybridized carbons (Fsp3) is 0.412.